The molecule has 42 heavy (non-hydrogen) atoms. The molecule has 0 bridgehead atoms. The lowest BCUT2D eigenvalue weighted by atomic mass is 9.90. The third-order valence-electron chi connectivity index (χ3n) is 9.07. The molecule has 2 aliphatic rings. The van der Waals surface area contributed by atoms with Gasteiger partial charge in [-0.3, -0.25) is 0 Å². The number of benzene rings is 4. The standard InChI is InChI=1S/C21H25N.C19H21N/c1-5-7-18-15(2)14-21-19(8-6-9-20(18)21)16-10-12-17(13-11-16)22(3)4;1-13-12-19-17(14(13)2)6-5-7-18(19)15-8-10-16(11-9-15)20(3)4/h6,8-14,18H,5,7H2,1-4H3;5-12,14H,1-4H3. The van der Waals surface area contributed by atoms with Gasteiger partial charge in [0.2, 0.25) is 0 Å². The van der Waals surface area contributed by atoms with Crippen LogP contribution in [-0.2, 0) is 0 Å². The fourth-order valence-corrected chi connectivity index (χ4v) is 6.39. The molecule has 0 amide bonds. The molecule has 2 aliphatic carbocycles. The average molecular weight is 555 g/mol. The molecule has 0 spiro atoms. The zero-order chi connectivity index (χ0) is 30.0. The Labute approximate surface area is 254 Å². The Hall–Kier alpha value is -4.04. The van der Waals surface area contributed by atoms with E-state index in [4.69, 9.17) is 0 Å². The van der Waals surface area contributed by atoms with E-state index in [0.717, 1.165) is 0 Å². The fourth-order valence-electron chi connectivity index (χ4n) is 6.39. The second-order valence-electron chi connectivity index (χ2n) is 12.3. The van der Waals surface area contributed by atoms with E-state index in [-0.39, 0.29) is 0 Å². The quantitative estimate of drug-likeness (QED) is 0.234. The Kier molecular flexibility index (Phi) is 8.73. The predicted molar refractivity (Wildman–Crippen MR) is 186 cm³/mol. The molecular weight excluding hydrogens is 508 g/mol. The normalized spacial score (nSPS) is 16.6. The first kappa shape index (κ1) is 29.5. The van der Waals surface area contributed by atoms with Crippen LogP contribution in [-0.4, -0.2) is 28.2 Å². The van der Waals surface area contributed by atoms with Gasteiger partial charge in [-0.25, -0.2) is 0 Å². The lowest BCUT2D eigenvalue weighted by Gasteiger charge is -2.16. The number of fused-ring (bicyclic) bond motifs is 2. The lowest BCUT2D eigenvalue weighted by Crippen LogP contribution is -2.07. The van der Waals surface area contributed by atoms with Gasteiger partial charge < -0.3 is 9.80 Å². The van der Waals surface area contributed by atoms with Gasteiger partial charge in [0, 0.05) is 51.4 Å². The summed E-state index contributed by atoms with van der Waals surface area (Å²) in [4.78, 5) is 4.27. The zero-order valence-electron chi connectivity index (χ0n) is 26.7. The molecule has 2 heteroatoms. The van der Waals surface area contributed by atoms with E-state index in [0.29, 0.717) is 11.8 Å². The lowest BCUT2D eigenvalue weighted by molar-refractivity contribution is 0.698. The number of allylic oxidation sites excluding steroid dienone is 2. The molecule has 6 rings (SSSR count). The average Bonchev–Trinajstić information content (AvgIpc) is 3.48. The van der Waals surface area contributed by atoms with Crippen molar-refractivity contribution in [3.05, 3.63) is 118 Å². The number of nitrogens with zero attached hydrogens (tertiary/aromatic N) is 2. The summed E-state index contributed by atoms with van der Waals surface area (Å²) in [5.41, 5.74) is 16.5. The van der Waals surface area contributed by atoms with Crippen molar-refractivity contribution in [2.45, 2.75) is 52.4 Å². The summed E-state index contributed by atoms with van der Waals surface area (Å²) in [7, 11) is 8.30. The molecular formula is C40H46N2. The highest BCUT2D eigenvalue weighted by atomic mass is 15.1. The second-order valence-corrected chi connectivity index (χ2v) is 12.3. The molecule has 4 aromatic rings. The third-order valence-corrected chi connectivity index (χ3v) is 9.07. The molecule has 0 saturated heterocycles. The van der Waals surface area contributed by atoms with Gasteiger partial charge in [-0.15, -0.1) is 0 Å². The molecule has 0 saturated carbocycles. The summed E-state index contributed by atoms with van der Waals surface area (Å²) in [6.45, 7) is 9.06. The maximum absolute atomic E-state index is 2.39. The van der Waals surface area contributed by atoms with Gasteiger partial charge >= 0.3 is 0 Å². The summed E-state index contributed by atoms with van der Waals surface area (Å²) in [5.74, 6) is 1.16. The van der Waals surface area contributed by atoms with Crippen LogP contribution in [0.4, 0.5) is 11.4 Å². The van der Waals surface area contributed by atoms with Gasteiger partial charge in [-0.05, 0) is 89.0 Å². The first-order chi connectivity index (χ1) is 20.2. The summed E-state index contributed by atoms with van der Waals surface area (Å²) in [6, 6.07) is 31.1. The van der Waals surface area contributed by atoms with Crippen LogP contribution >= 0.6 is 0 Å². The summed E-state index contributed by atoms with van der Waals surface area (Å²) in [6.07, 6.45) is 7.22. The Morgan fingerprint density at radius 1 is 0.571 bits per heavy atom. The van der Waals surface area contributed by atoms with Gasteiger partial charge in [0.05, 0.1) is 0 Å². The van der Waals surface area contributed by atoms with Gasteiger partial charge in [-0.1, -0.05) is 104 Å². The molecule has 0 fully saturated rings. The molecule has 2 atom stereocenters. The monoisotopic (exact) mass is 554 g/mol. The van der Waals surface area contributed by atoms with E-state index in [9.17, 15) is 0 Å². The maximum atomic E-state index is 2.39. The van der Waals surface area contributed by atoms with Crippen molar-refractivity contribution in [2.24, 2.45) is 0 Å². The molecule has 0 N–H and O–H groups in total. The van der Waals surface area contributed by atoms with Crippen LogP contribution in [0, 0.1) is 0 Å². The topological polar surface area (TPSA) is 6.48 Å². The van der Waals surface area contributed by atoms with Crippen molar-refractivity contribution in [2.75, 3.05) is 38.0 Å². The third kappa shape index (κ3) is 5.81. The Morgan fingerprint density at radius 2 is 1.02 bits per heavy atom. The zero-order valence-corrected chi connectivity index (χ0v) is 26.7. The van der Waals surface area contributed by atoms with Gasteiger partial charge in [0.25, 0.3) is 0 Å². The van der Waals surface area contributed by atoms with Gasteiger partial charge in [0.1, 0.15) is 0 Å². The fraction of sp³-hybridized carbons (Fsp3) is 0.300. The van der Waals surface area contributed by atoms with E-state index < -0.39 is 0 Å². The van der Waals surface area contributed by atoms with E-state index in [2.05, 4.69) is 163 Å². The van der Waals surface area contributed by atoms with Crippen molar-refractivity contribution in [3.63, 3.8) is 0 Å². The first-order valence-corrected chi connectivity index (χ1v) is 15.4. The molecule has 2 nitrogen and oxygen atoms in total. The first-order valence-electron chi connectivity index (χ1n) is 15.4. The number of hydrogen-bond donors (Lipinski definition) is 0. The Morgan fingerprint density at radius 3 is 1.50 bits per heavy atom. The van der Waals surface area contributed by atoms with Crippen molar-refractivity contribution >= 4 is 23.5 Å². The van der Waals surface area contributed by atoms with Gasteiger partial charge in [0.15, 0.2) is 0 Å². The number of rotatable bonds is 6. The van der Waals surface area contributed by atoms with Crippen LogP contribution in [0.5, 0.6) is 0 Å². The molecule has 2 unspecified atom stereocenters. The number of hydrogen-bond acceptors (Lipinski definition) is 2. The van der Waals surface area contributed by atoms with Crippen LogP contribution < -0.4 is 9.80 Å². The highest BCUT2D eigenvalue weighted by Gasteiger charge is 2.24. The Bertz CT molecular complexity index is 1600. The second kappa shape index (κ2) is 12.4. The minimum absolute atomic E-state index is 0.547. The number of anilines is 2. The van der Waals surface area contributed by atoms with E-state index in [1.807, 2.05) is 0 Å². The SMILES string of the molecule is CC1=Cc2c(-c3ccc(N(C)C)cc3)cccc2C1C.CCCC1C(C)=Cc2c(-c3ccc(N(C)C)cc3)cccc21. The van der Waals surface area contributed by atoms with Crippen LogP contribution in [0.3, 0.4) is 0 Å². The summed E-state index contributed by atoms with van der Waals surface area (Å²) >= 11 is 0. The van der Waals surface area contributed by atoms with Crippen LogP contribution in [0.2, 0.25) is 0 Å². The smallest absolute Gasteiger partial charge is 0.0361 e. The van der Waals surface area contributed by atoms with Crippen molar-refractivity contribution in [1.29, 1.82) is 0 Å². The summed E-state index contributed by atoms with van der Waals surface area (Å²) in [5, 5.41) is 0. The van der Waals surface area contributed by atoms with Crippen LogP contribution in [0.1, 0.15) is 74.6 Å². The highest BCUT2D eigenvalue weighted by Crippen LogP contribution is 2.43. The molecule has 0 radical (unpaired) electrons. The van der Waals surface area contributed by atoms with Crippen molar-refractivity contribution < 1.29 is 0 Å². The molecule has 216 valence electrons. The van der Waals surface area contributed by atoms with Crippen LogP contribution in [0.15, 0.2) is 96.1 Å². The molecule has 0 aromatic heterocycles. The van der Waals surface area contributed by atoms with E-state index in [1.165, 1.54) is 79.9 Å². The summed E-state index contributed by atoms with van der Waals surface area (Å²) < 4.78 is 0. The van der Waals surface area contributed by atoms with Crippen LogP contribution in [0.25, 0.3) is 34.4 Å². The van der Waals surface area contributed by atoms with Crippen molar-refractivity contribution in [3.8, 4) is 22.3 Å². The maximum Gasteiger partial charge on any atom is 0.0361 e. The molecule has 0 aliphatic heterocycles. The largest absolute Gasteiger partial charge is 0.378 e. The van der Waals surface area contributed by atoms with E-state index >= 15 is 0 Å². The predicted octanol–water partition coefficient (Wildman–Crippen LogP) is 10.7. The van der Waals surface area contributed by atoms with E-state index in [1.54, 1.807) is 0 Å². The Balaban J connectivity index is 0.000000169. The van der Waals surface area contributed by atoms with Crippen molar-refractivity contribution in [1.82, 2.24) is 0 Å². The molecule has 0 heterocycles. The highest BCUT2D eigenvalue weighted by molar-refractivity contribution is 5.83. The molecule has 4 aromatic carbocycles. The minimum Gasteiger partial charge on any atom is -0.378 e. The van der Waals surface area contributed by atoms with Gasteiger partial charge in [-0.2, -0.15) is 0 Å². The minimum atomic E-state index is 0.547.